The maximum Gasteiger partial charge on any atom is 0.322 e. The Bertz CT molecular complexity index is 681. The summed E-state index contributed by atoms with van der Waals surface area (Å²) in [6, 6.07) is 7.59. The van der Waals surface area contributed by atoms with Gasteiger partial charge in [0.25, 0.3) is 0 Å². The first kappa shape index (κ1) is 20.4. The third-order valence-corrected chi connectivity index (χ3v) is 5.89. The molecule has 0 aromatic heterocycles. The number of benzene rings is 1. The third-order valence-electron chi connectivity index (χ3n) is 5.36. The predicted octanol–water partition coefficient (Wildman–Crippen LogP) is 3.21. The molecule has 3 amide bonds. The topological polar surface area (TPSA) is 76.5 Å². The van der Waals surface area contributed by atoms with Crippen LogP contribution < -0.4 is 5.32 Å². The molecule has 7 heteroatoms. The van der Waals surface area contributed by atoms with Gasteiger partial charge in [-0.15, -0.1) is 0 Å². The number of carbonyl (C=O) groups is 2. The van der Waals surface area contributed by atoms with E-state index in [4.69, 9.17) is 5.41 Å². The van der Waals surface area contributed by atoms with Gasteiger partial charge in [0.2, 0.25) is 5.91 Å². The number of hydrogen-bond donors (Lipinski definition) is 2. The van der Waals surface area contributed by atoms with E-state index < -0.39 is 5.41 Å². The highest BCUT2D eigenvalue weighted by Crippen LogP contribution is 2.33. The van der Waals surface area contributed by atoms with E-state index in [1.54, 1.807) is 9.80 Å². The molecule has 0 radical (unpaired) electrons. The van der Waals surface area contributed by atoms with Gasteiger partial charge in [-0.1, -0.05) is 41.9 Å². The molecular formula is C19H27BrN4O2. The van der Waals surface area contributed by atoms with Crippen molar-refractivity contribution >= 4 is 33.7 Å². The molecule has 1 aliphatic heterocycles. The molecule has 2 N–H and O–H groups in total. The smallest absolute Gasteiger partial charge is 0.322 e. The molecule has 0 aliphatic carbocycles. The zero-order chi connectivity index (χ0) is 19.5. The first-order valence-electron chi connectivity index (χ1n) is 8.82. The average Bonchev–Trinajstić information content (AvgIpc) is 2.61. The second-order valence-corrected chi connectivity index (χ2v) is 8.08. The molecular weight excluding hydrogens is 396 g/mol. The van der Waals surface area contributed by atoms with Crippen LogP contribution in [0.5, 0.6) is 0 Å². The largest absolute Gasteiger partial charge is 0.339 e. The van der Waals surface area contributed by atoms with Crippen molar-refractivity contribution in [2.24, 2.45) is 5.92 Å². The molecule has 0 bridgehead atoms. The lowest BCUT2D eigenvalue weighted by Gasteiger charge is -2.38. The zero-order valence-corrected chi connectivity index (χ0v) is 17.4. The van der Waals surface area contributed by atoms with Crippen molar-refractivity contribution in [2.75, 3.05) is 26.2 Å². The number of amidine groups is 1. The highest BCUT2D eigenvalue weighted by Gasteiger charge is 2.37. The Labute approximate surface area is 163 Å². The summed E-state index contributed by atoms with van der Waals surface area (Å²) in [6.45, 7) is 9.65. The Kier molecular flexibility index (Phi) is 6.44. The van der Waals surface area contributed by atoms with Gasteiger partial charge in [-0.25, -0.2) is 4.79 Å². The van der Waals surface area contributed by atoms with Crippen molar-refractivity contribution in [3.63, 3.8) is 0 Å². The van der Waals surface area contributed by atoms with Crippen LogP contribution in [0.15, 0.2) is 28.7 Å². The van der Waals surface area contributed by atoms with Gasteiger partial charge in [-0.2, -0.15) is 0 Å². The number of urea groups is 1. The molecule has 1 aromatic rings. The SMILES string of the molecule is CC(=O)N1CCN(C(=O)NC(=N)C(C)(c2ccc(Br)cc2)C(C)C)CC1. The highest BCUT2D eigenvalue weighted by atomic mass is 79.9. The van der Waals surface area contributed by atoms with Crippen LogP contribution in [0.3, 0.4) is 0 Å². The highest BCUT2D eigenvalue weighted by molar-refractivity contribution is 9.10. The molecule has 0 saturated carbocycles. The van der Waals surface area contributed by atoms with Gasteiger partial charge in [0.05, 0.1) is 5.41 Å². The number of amides is 3. The normalized spacial score (nSPS) is 17.0. The number of nitrogens with one attached hydrogen (secondary N) is 2. The van der Waals surface area contributed by atoms with Gasteiger partial charge in [0.15, 0.2) is 0 Å². The van der Waals surface area contributed by atoms with Crippen LogP contribution in [0.2, 0.25) is 0 Å². The van der Waals surface area contributed by atoms with E-state index in [1.165, 1.54) is 6.92 Å². The number of rotatable bonds is 3. The first-order valence-corrected chi connectivity index (χ1v) is 9.62. The van der Waals surface area contributed by atoms with Crippen molar-refractivity contribution in [3.05, 3.63) is 34.3 Å². The van der Waals surface area contributed by atoms with Gasteiger partial charge in [-0.05, 0) is 30.5 Å². The molecule has 1 atom stereocenters. The molecule has 1 heterocycles. The number of halogens is 1. The van der Waals surface area contributed by atoms with E-state index in [-0.39, 0.29) is 23.7 Å². The maximum atomic E-state index is 12.6. The summed E-state index contributed by atoms with van der Waals surface area (Å²) in [4.78, 5) is 27.4. The Balaban J connectivity index is 2.09. The van der Waals surface area contributed by atoms with Crippen molar-refractivity contribution < 1.29 is 9.59 Å². The first-order chi connectivity index (χ1) is 12.2. The standard InChI is InChI=1S/C19H27BrN4O2/c1-13(2)19(4,15-5-7-16(20)8-6-15)17(21)22-18(26)24-11-9-23(10-12-24)14(3)25/h5-8,13H,9-12H2,1-4H3,(H2,21,22,26). The lowest BCUT2D eigenvalue weighted by molar-refractivity contribution is -0.130. The van der Waals surface area contributed by atoms with E-state index >= 15 is 0 Å². The van der Waals surface area contributed by atoms with Crippen LogP contribution in [0, 0.1) is 11.3 Å². The number of piperazine rings is 1. The number of nitrogens with zero attached hydrogens (tertiary/aromatic N) is 2. The van der Waals surface area contributed by atoms with E-state index in [0.29, 0.717) is 26.2 Å². The molecule has 26 heavy (non-hydrogen) atoms. The number of carbonyl (C=O) groups excluding carboxylic acids is 2. The van der Waals surface area contributed by atoms with Crippen LogP contribution in [0.1, 0.15) is 33.3 Å². The Morgan fingerprint density at radius 3 is 2.08 bits per heavy atom. The predicted molar refractivity (Wildman–Crippen MR) is 106 cm³/mol. The fourth-order valence-electron chi connectivity index (χ4n) is 3.10. The number of hydrogen-bond acceptors (Lipinski definition) is 3. The van der Waals surface area contributed by atoms with Gasteiger partial charge >= 0.3 is 6.03 Å². The van der Waals surface area contributed by atoms with Crippen molar-refractivity contribution in [1.82, 2.24) is 15.1 Å². The summed E-state index contributed by atoms with van der Waals surface area (Å²) in [5, 5.41) is 11.4. The second-order valence-electron chi connectivity index (χ2n) is 7.16. The average molecular weight is 423 g/mol. The molecule has 1 aliphatic rings. The molecule has 0 spiro atoms. The van der Waals surface area contributed by atoms with Crippen LogP contribution >= 0.6 is 15.9 Å². The van der Waals surface area contributed by atoms with Crippen LogP contribution in [0.25, 0.3) is 0 Å². The monoisotopic (exact) mass is 422 g/mol. The molecule has 1 aromatic carbocycles. The lowest BCUT2D eigenvalue weighted by Crippen LogP contribution is -2.56. The van der Waals surface area contributed by atoms with Crippen LogP contribution in [-0.2, 0) is 10.2 Å². The van der Waals surface area contributed by atoms with Gasteiger partial charge in [-0.3, -0.25) is 15.5 Å². The fourth-order valence-corrected chi connectivity index (χ4v) is 3.37. The molecule has 1 saturated heterocycles. The summed E-state index contributed by atoms with van der Waals surface area (Å²) in [5.41, 5.74) is 0.389. The molecule has 1 fully saturated rings. The minimum Gasteiger partial charge on any atom is -0.339 e. The van der Waals surface area contributed by atoms with E-state index in [9.17, 15) is 9.59 Å². The van der Waals surface area contributed by atoms with Crippen molar-refractivity contribution in [3.8, 4) is 0 Å². The summed E-state index contributed by atoms with van der Waals surface area (Å²) in [7, 11) is 0. The summed E-state index contributed by atoms with van der Waals surface area (Å²) >= 11 is 3.44. The second kappa shape index (κ2) is 8.20. The molecule has 142 valence electrons. The zero-order valence-electron chi connectivity index (χ0n) is 15.8. The summed E-state index contributed by atoms with van der Waals surface area (Å²) in [5.74, 6) is 0.347. The Hall–Kier alpha value is -1.89. The van der Waals surface area contributed by atoms with Gasteiger partial charge in [0.1, 0.15) is 5.84 Å². The quantitative estimate of drug-likeness (QED) is 0.579. The summed E-state index contributed by atoms with van der Waals surface area (Å²) in [6.07, 6.45) is 0. The minimum atomic E-state index is -0.600. The third kappa shape index (κ3) is 4.26. The van der Waals surface area contributed by atoms with Gasteiger partial charge in [0, 0.05) is 37.6 Å². The molecule has 6 nitrogen and oxygen atoms in total. The molecule has 2 rings (SSSR count). The molecule has 1 unspecified atom stereocenters. The van der Waals surface area contributed by atoms with E-state index in [0.717, 1.165) is 10.0 Å². The van der Waals surface area contributed by atoms with Crippen molar-refractivity contribution in [2.45, 2.75) is 33.1 Å². The van der Waals surface area contributed by atoms with Gasteiger partial charge < -0.3 is 9.80 Å². The van der Waals surface area contributed by atoms with E-state index in [1.807, 2.05) is 45.0 Å². The Morgan fingerprint density at radius 2 is 1.62 bits per heavy atom. The van der Waals surface area contributed by atoms with Crippen molar-refractivity contribution in [1.29, 1.82) is 5.41 Å². The maximum absolute atomic E-state index is 12.6. The fraction of sp³-hybridized carbons (Fsp3) is 0.526. The minimum absolute atomic E-state index is 0.0282. The van der Waals surface area contributed by atoms with E-state index in [2.05, 4.69) is 21.2 Å². The summed E-state index contributed by atoms with van der Waals surface area (Å²) < 4.78 is 0.978. The van der Waals surface area contributed by atoms with Crippen LogP contribution in [0.4, 0.5) is 4.79 Å². The van der Waals surface area contributed by atoms with Crippen LogP contribution in [-0.4, -0.2) is 53.8 Å². The lowest BCUT2D eigenvalue weighted by atomic mass is 9.72. The Morgan fingerprint density at radius 1 is 1.12 bits per heavy atom.